The van der Waals surface area contributed by atoms with Gasteiger partial charge in [0.05, 0.1) is 6.20 Å². The largest absolute Gasteiger partial charge is 0.487 e. The lowest BCUT2D eigenvalue weighted by Crippen LogP contribution is -2.00. The van der Waals surface area contributed by atoms with Gasteiger partial charge in [0, 0.05) is 0 Å². The van der Waals surface area contributed by atoms with E-state index in [1.165, 1.54) is 6.20 Å². The lowest BCUT2D eigenvalue weighted by atomic mass is 10.5. The fourth-order valence-electron chi connectivity index (χ4n) is 0.583. The molecule has 0 aliphatic rings. The summed E-state index contributed by atoms with van der Waals surface area (Å²) in [5.41, 5.74) is 0. The molecule has 0 bridgehead atoms. The van der Waals surface area contributed by atoms with Gasteiger partial charge in [-0.1, -0.05) is 23.2 Å². The van der Waals surface area contributed by atoms with E-state index in [1.807, 2.05) is 0 Å². The van der Waals surface area contributed by atoms with Crippen LogP contribution in [0.25, 0.3) is 0 Å². The molecule has 0 radical (unpaired) electrons. The molecular weight excluding hydrogens is 206 g/mol. The Labute approximate surface area is 78.5 Å². The summed E-state index contributed by atoms with van der Waals surface area (Å²) in [4.78, 5) is 0. The van der Waals surface area contributed by atoms with E-state index >= 15 is 0 Å². The van der Waals surface area contributed by atoms with E-state index in [-0.39, 0.29) is 22.5 Å². The molecule has 0 spiro atoms. The molecule has 0 unspecified atom stereocenters. The number of hydrogen-bond acceptors (Lipinski definition) is 3. The minimum Gasteiger partial charge on any atom is -0.487 e. The molecule has 1 aromatic rings. The highest BCUT2D eigenvalue weighted by Gasteiger charge is 2.06. The molecule has 0 aromatic carbocycles. The van der Waals surface area contributed by atoms with Crippen LogP contribution in [0.3, 0.4) is 0 Å². The van der Waals surface area contributed by atoms with Gasteiger partial charge in [-0.15, -0.1) is 5.10 Å². The van der Waals surface area contributed by atoms with E-state index < -0.39 is 6.67 Å². The van der Waals surface area contributed by atoms with Gasteiger partial charge in [0.25, 0.3) is 0 Å². The van der Waals surface area contributed by atoms with E-state index in [4.69, 9.17) is 27.9 Å². The average molecular weight is 211 g/mol. The first-order chi connectivity index (χ1) is 5.75. The number of halogens is 3. The molecule has 1 rings (SSSR count). The van der Waals surface area contributed by atoms with Crippen LogP contribution < -0.4 is 4.74 Å². The Balaban J connectivity index is 2.78. The summed E-state index contributed by atoms with van der Waals surface area (Å²) in [5, 5.41) is 7.14. The van der Waals surface area contributed by atoms with Gasteiger partial charge in [-0.2, -0.15) is 5.10 Å². The maximum atomic E-state index is 11.7. The molecule has 0 saturated heterocycles. The first kappa shape index (κ1) is 9.48. The molecule has 1 aromatic heterocycles. The van der Waals surface area contributed by atoms with E-state index in [0.717, 1.165) is 0 Å². The number of hydrogen-bond donors (Lipinski definition) is 0. The zero-order valence-corrected chi connectivity index (χ0v) is 7.44. The van der Waals surface area contributed by atoms with Crippen molar-refractivity contribution in [3.05, 3.63) is 16.4 Å². The number of aromatic nitrogens is 2. The average Bonchev–Trinajstić information content (AvgIpc) is 2.08. The van der Waals surface area contributed by atoms with Crippen molar-refractivity contribution in [2.75, 3.05) is 13.3 Å². The Kier molecular flexibility index (Phi) is 3.49. The van der Waals surface area contributed by atoms with Crippen LogP contribution in [0.15, 0.2) is 6.20 Å². The fourth-order valence-corrected chi connectivity index (χ4v) is 0.861. The highest BCUT2D eigenvalue weighted by Crippen LogP contribution is 2.28. The van der Waals surface area contributed by atoms with Gasteiger partial charge in [-0.25, -0.2) is 4.39 Å². The highest BCUT2D eigenvalue weighted by atomic mass is 35.5. The predicted molar refractivity (Wildman–Crippen MR) is 43.5 cm³/mol. The van der Waals surface area contributed by atoms with Gasteiger partial charge >= 0.3 is 0 Å². The normalized spacial score (nSPS) is 9.92. The quantitative estimate of drug-likeness (QED) is 0.767. The molecule has 0 aliphatic heterocycles. The van der Waals surface area contributed by atoms with Crippen molar-refractivity contribution in [1.29, 1.82) is 0 Å². The summed E-state index contributed by atoms with van der Waals surface area (Å²) in [6, 6.07) is 0. The van der Waals surface area contributed by atoms with Crippen molar-refractivity contribution < 1.29 is 9.13 Å². The second kappa shape index (κ2) is 4.42. The van der Waals surface area contributed by atoms with Crippen LogP contribution in [-0.2, 0) is 0 Å². The van der Waals surface area contributed by atoms with E-state index in [2.05, 4.69) is 10.2 Å². The van der Waals surface area contributed by atoms with Gasteiger partial charge in [0.2, 0.25) is 0 Å². The summed E-state index contributed by atoms with van der Waals surface area (Å²) < 4.78 is 16.5. The Hall–Kier alpha value is -0.610. The molecule has 3 nitrogen and oxygen atoms in total. The number of nitrogens with zero attached hydrogens (tertiary/aromatic N) is 2. The van der Waals surface area contributed by atoms with Crippen molar-refractivity contribution in [3.8, 4) is 5.75 Å². The summed E-state index contributed by atoms with van der Waals surface area (Å²) in [6.45, 7) is -0.655. The van der Waals surface area contributed by atoms with Crippen LogP contribution in [0.2, 0.25) is 10.2 Å². The van der Waals surface area contributed by atoms with E-state index in [1.54, 1.807) is 0 Å². The summed E-state index contributed by atoms with van der Waals surface area (Å²) in [7, 11) is 0. The molecule has 0 atom stereocenters. The van der Waals surface area contributed by atoms with Gasteiger partial charge in [-0.3, -0.25) is 0 Å². The second-order valence-electron chi connectivity index (χ2n) is 1.85. The van der Waals surface area contributed by atoms with E-state index in [9.17, 15) is 4.39 Å². The van der Waals surface area contributed by atoms with Gasteiger partial charge < -0.3 is 4.74 Å². The summed E-state index contributed by atoms with van der Waals surface area (Å²) >= 11 is 11.2. The molecule has 6 heteroatoms. The monoisotopic (exact) mass is 210 g/mol. The Bertz CT molecular complexity index is 272. The molecule has 66 valence electrons. The smallest absolute Gasteiger partial charge is 0.174 e. The molecule has 0 amide bonds. The lowest BCUT2D eigenvalue weighted by molar-refractivity contribution is 0.272. The summed E-state index contributed by atoms with van der Waals surface area (Å²) in [6.07, 6.45) is 1.28. The van der Waals surface area contributed by atoms with Crippen LogP contribution in [0.4, 0.5) is 4.39 Å². The SMILES string of the molecule is FCCOc1cnnc(Cl)c1Cl. The molecule has 1 heterocycles. The molecular formula is C6H5Cl2FN2O. The third kappa shape index (κ3) is 2.19. The van der Waals surface area contributed by atoms with Crippen LogP contribution >= 0.6 is 23.2 Å². The predicted octanol–water partition coefficient (Wildman–Crippen LogP) is 2.13. The van der Waals surface area contributed by atoms with Gasteiger partial charge in [0.1, 0.15) is 18.3 Å². The van der Waals surface area contributed by atoms with Crippen LogP contribution in [0.1, 0.15) is 0 Å². The minimum atomic E-state index is -0.587. The van der Waals surface area contributed by atoms with Crippen molar-refractivity contribution in [2.45, 2.75) is 0 Å². The Morgan fingerprint density at radius 1 is 1.50 bits per heavy atom. The van der Waals surface area contributed by atoms with Gasteiger partial charge in [0.15, 0.2) is 10.9 Å². The number of rotatable bonds is 3. The standard InChI is InChI=1S/C6H5Cl2FN2O/c7-5-4(12-2-1-9)3-10-11-6(5)8/h3H,1-2H2. The van der Waals surface area contributed by atoms with Gasteiger partial charge in [-0.05, 0) is 0 Å². The first-order valence-electron chi connectivity index (χ1n) is 3.11. The summed E-state index contributed by atoms with van der Waals surface area (Å²) in [5.74, 6) is 0.245. The van der Waals surface area contributed by atoms with Crippen molar-refractivity contribution in [2.24, 2.45) is 0 Å². The molecule has 0 aliphatic carbocycles. The minimum absolute atomic E-state index is 0.0491. The van der Waals surface area contributed by atoms with Crippen molar-refractivity contribution in [1.82, 2.24) is 10.2 Å². The molecule has 12 heavy (non-hydrogen) atoms. The topological polar surface area (TPSA) is 35.0 Å². The van der Waals surface area contributed by atoms with Crippen molar-refractivity contribution >= 4 is 23.2 Å². The Morgan fingerprint density at radius 2 is 2.25 bits per heavy atom. The number of ether oxygens (including phenoxy) is 1. The molecule has 0 N–H and O–H groups in total. The van der Waals surface area contributed by atoms with E-state index in [0.29, 0.717) is 0 Å². The van der Waals surface area contributed by atoms with Crippen LogP contribution in [0, 0.1) is 0 Å². The molecule has 0 saturated carbocycles. The maximum Gasteiger partial charge on any atom is 0.174 e. The van der Waals surface area contributed by atoms with Crippen LogP contribution in [-0.4, -0.2) is 23.5 Å². The maximum absolute atomic E-state index is 11.7. The lowest BCUT2D eigenvalue weighted by Gasteiger charge is -2.04. The highest BCUT2D eigenvalue weighted by molar-refractivity contribution is 6.42. The zero-order chi connectivity index (χ0) is 8.97. The first-order valence-corrected chi connectivity index (χ1v) is 3.86. The Morgan fingerprint density at radius 3 is 2.92 bits per heavy atom. The van der Waals surface area contributed by atoms with Crippen molar-refractivity contribution in [3.63, 3.8) is 0 Å². The number of alkyl halides is 1. The third-order valence-corrected chi connectivity index (χ3v) is 1.78. The van der Waals surface area contributed by atoms with Crippen LogP contribution in [0.5, 0.6) is 5.75 Å². The second-order valence-corrected chi connectivity index (χ2v) is 2.59. The fraction of sp³-hybridized carbons (Fsp3) is 0.333. The molecule has 0 fully saturated rings. The zero-order valence-electron chi connectivity index (χ0n) is 5.93. The third-order valence-electron chi connectivity index (χ3n) is 1.05.